The van der Waals surface area contributed by atoms with Gasteiger partial charge in [0.25, 0.3) is 0 Å². The highest BCUT2D eigenvalue weighted by atomic mass is 32.3. The monoisotopic (exact) mass is 216 g/mol. The van der Waals surface area contributed by atoms with Crippen LogP contribution in [-0.2, 0) is 0 Å². The molecule has 0 N–H and O–H groups in total. The van der Waals surface area contributed by atoms with Crippen LogP contribution in [0.3, 0.4) is 0 Å². The van der Waals surface area contributed by atoms with Crippen molar-refractivity contribution in [2.45, 2.75) is 51.9 Å². The smallest absolute Gasteiger partial charge is 0.0235 e. The number of hydrogen-bond acceptors (Lipinski definition) is 0. The average Bonchev–Trinajstić information content (AvgIpc) is 2.45. The van der Waals surface area contributed by atoms with Gasteiger partial charge in [-0.15, -0.1) is 0 Å². The Morgan fingerprint density at radius 1 is 1.00 bits per heavy atom. The molecule has 0 radical (unpaired) electrons. The van der Waals surface area contributed by atoms with Crippen molar-refractivity contribution in [3.63, 3.8) is 0 Å². The molecule has 86 valence electrons. The van der Waals surface area contributed by atoms with Crippen LogP contribution in [0.1, 0.15) is 51.9 Å². The average molecular weight is 216 g/mol. The van der Waals surface area contributed by atoms with E-state index in [0.717, 1.165) is 5.41 Å². The van der Waals surface area contributed by atoms with Crippen LogP contribution in [0.15, 0.2) is 0 Å². The standard InChI is InChI=1S/C13H28S/c1-13(9-5-6-10-13)11-7-8-12-14(2,3)4/h5-12H2,1-4H3. The fourth-order valence-electron chi connectivity index (χ4n) is 2.57. The molecule has 1 aliphatic rings. The van der Waals surface area contributed by atoms with Gasteiger partial charge in [0, 0.05) is 0 Å². The van der Waals surface area contributed by atoms with Crippen LogP contribution in [0.5, 0.6) is 0 Å². The van der Waals surface area contributed by atoms with Crippen LogP contribution in [-0.4, -0.2) is 24.5 Å². The van der Waals surface area contributed by atoms with E-state index in [1.165, 1.54) is 50.7 Å². The van der Waals surface area contributed by atoms with Gasteiger partial charge in [0.05, 0.1) is 0 Å². The van der Waals surface area contributed by atoms with Gasteiger partial charge in [-0.3, -0.25) is 0 Å². The molecule has 1 aliphatic carbocycles. The van der Waals surface area contributed by atoms with Crippen molar-refractivity contribution < 1.29 is 0 Å². The van der Waals surface area contributed by atoms with E-state index >= 15 is 0 Å². The van der Waals surface area contributed by atoms with E-state index in [1.54, 1.807) is 0 Å². The fourth-order valence-corrected chi connectivity index (χ4v) is 3.64. The first-order valence-corrected chi connectivity index (χ1v) is 9.10. The van der Waals surface area contributed by atoms with Crippen LogP contribution in [0.2, 0.25) is 0 Å². The summed E-state index contributed by atoms with van der Waals surface area (Å²) in [5, 5.41) is 0. The predicted octanol–water partition coefficient (Wildman–Crippen LogP) is 4.43. The molecule has 14 heavy (non-hydrogen) atoms. The van der Waals surface area contributed by atoms with Gasteiger partial charge in [-0.2, -0.15) is 0 Å². The third-order valence-electron chi connectivity index (χ3n) is 3.60. The van der Waals surface area contributed by atoms with Gasteiger partial charge in [0.2, 0.25) is 0 Å². The SMILES string of the molecule is CC1(CCCCS(C)(C)C)CCCC1. The summed E-state index contributed by atoms with van der Waals surface area (Å²) in [4.78, 5) is 0. The van der Waals surface area contributed by atoms with Crippen LogP contribution >= 0.6 is 10.0 Å². The quantitative estimate of drug-likeness (QED) is 0.596. The van der Waals surface area contributed by atoms with Crippen molar-refractivity contribution in [2.75, 3.05) is 24.5 Å². The summed E-state index contributed by atoms with van der Waals surface area (Å²) in [5.41, 5.74) is 0.729. The Morgan fingerprint density at radius 2 is 1.57 bits per heavy atom. The predicted molar refractivity (Wildman–Crippen MR) is 70.7 cm³/mol. The highest BCUT2D eigenvalue weighted by Gasteiger charge is 2.27. The van der Waals surface area contributed by atoms with Crippen molar-refractivity contribution in [1.82, 2.24) is 0 Å². The lowest BCUT2D eigenvalue weighted by Crippen LogP contribution is -2.11. The van der Waals surface area contributed by atoms with E-state index in [1.807, 2.05) is 0 Å². The van der Waals surface area contributed by atoms with E-state index in [-0.39, 0.29) is 10.0 Å². The molecule has 0 aromatic rings. The molecule has 1 saturated carbocycles. The maximum absolute atomic E-state index is 2.50. The molecule has 0 spiro atoms. The molecule has 0 saturated heterocycles. The van der Waals surface area contributed by atoms with Crippen LogP contribution < -0.4 is 0 Å². The van der Waals surface area contributed by atoms with Crippen LogP contribution in [0.25, 0.3) is 0 Å². The third-order valence-corrected chi connectivity index (χ3v) is 5.11. The van der Waals surface area contributed by atoms with E-state index in [4.69, 9.17) is 0 Å². The zero-order valence-electron chi connectivity index (χ0n) is 10.6. The second-order valence-corrected chi connectivity index (χ2v) is 10.9. The Balaban J connectivity index is 2.09. The zero-order chi connectivity index (χ0) is 10.7. The topological polar surface area (TPSA) is 0 Å². The van der Waals surface area contributed by atoms with Gasteiger partial charge in [0.15, 0.2) is 0 Å². The lowest BCUT2D eigenvalue weighted by Gasteiger charge is -2.27. The molecule has 0 nitrogen and oxygen atoms in total. The number of unbranched alkanes of at least 4 members (excludes halogenated alkanes) is 1. The van der Waals surface area contributed by atoms with E-state index in [2.05, 4.69) is 25.7 Å². The van der Waals surface area contributed by atoms with Gasteiger partial charge in [-0.1, -0.05) is 26.2 Å². The molecule has 1 fully saturated rings. The Hall–Kier alpha value is 0.350. The molecule has 0 heterocycles. The molecular formula is C13H28S. The summed E-state index contributed by atoms with van der Waals surface area (Å²) in [6, 6.07) is 0. The Kier molecular flexibility index (Phi) is 4.36. The lowest BCUT2D eigenvalue weighted by atomic mass is 9.83. The van der Waals surface area contributed by atoms with Crippen molar-refractivity contribution in [1.29, 1.82) is 0 Å². The van der Waals surface area contributed by atoms with Gasteiger partial charge in [0.1, 0.15) is 0 Å². The summed E-state index contributed by atoms with van der Waals surface area (Å²) in [5.74, 6) is 1.48. The fraction of sp³-hybridized carbons (Fsp3) is 1.00. The van der Waals surface area contributed by atoms with Gasteiger partial charge < -0.3 is 0 Å². The molecule has 0 aromatic carbocycles. The van der Waals surface area contributed by atoms with Gasteiger partial charge in [-0.25, -0.2) is 10.0 Å². The van der Waals surface area contributed by atoms with E-state index in [9.17, 15) is 0 Å². The van der Waals surface area contributed by atoms with Crippen LogP contribution in [0.4, 0.5) is 0 Å². The summed E-state index contributed by atoms with van der Waals surface area (Å²) in [7, 11) is -0.240. The Bertz CT molecular complexity index is 161. The summed E-state index contributed by atoms with van der Waals surface area (Å²) >= 11 is 0. The normalized spacial score (nSPS) is 22.6. The minimum absolute atomic E-state index is 0.240. The van der Waals surface area contributed by atoms with E-state index < -0.39 is 0 Å². The number of hydrogen-bond donors (Lipinski definition) is 0. The second kappa shape index (κ2) is 4.92. The summed E-state index contributed by atoms with van der Waals surface area (Å²) in [6.07, 6.45) is 17.7. The largest absolute Gasteiger partial charge is 0.250 e. The molecular weight excluding hydrogens is 188 g/mol. The molecule has 0 atom stereocenters. The molecule has 0 bridgehead atoms. The molecule has 1 heteroatoms. The Morgan fingerprint density at radius 3 is 2.07 bits per heavy atom. The minimum Gasteiger partial charge on any atom is -0.250 e. The highest BCUT2D eigenvalue weighted by molar-refractivity contribution is 8.32. The molecule has 1 rings (SSSR count). The van der Waals surface area contributed by atoms with Crippen molar-refractivity contribution in [3.05, 3.63) is 0 Å². The first-order valence-electron chi connectivity index (χ1n) is 6.07. The molecule has 0 unspecified atom stereocenters. The summed E-state index contributed by atoms with van der Waals surface area (Å²) in [6.45, 7) is 2.50. The summed E-state index contributed by atoms with van der Waals surface area (Å²) < 4.78 is 0. The number of rotatable bonds is 5. The van der Waals surface area contributed by atoms with Crippen molar-refractivity contribution >= 4 is 10.0 Å². The van der Waals surface area contributed by atoms with Crippen molar-refractivity contribution in [3.8, 4) is 0 Å². The molecule has 0 aliphatic heterocycles. The first-order chi connectivity index (χ1) is 6.41. The van der Waals surface area contributed by atoms with Gasteiger partial charge in [-0.05, 0) is 55.6 Å². The zero-order valence-corrected chi connectivity index (χ0v) is 11.4. The minimum atomic E-state index is -0.240. The van der Waals surface area contributed by atoms with Crippen molar-refractivity contribution in [2.24, 2.45) is 5.41 Å². The lowest BCUT2D eigenvalue weighted by molar-refractivity contribution is 0.298. The second-order valence-electron chi connectivity index (χ2n) is 6.27. The first kappa shape index (κ1) is 12.4. The van der Waals surface area contributed by atoms with E-state index in [0.29, 0.717) is 0 Å². The highest BCUT2D eigenvalue weighted by Crippen LogP contribution is 2.42. The maximum atomic E-state index is 2.50. The third kappa shape index (κ3) is 4.72. The Labute approximate surface area is 92.2 Å². The van der Waals surface area contributed by atoms with Gasteiger partial charge >= 0.3 is 0 Å². The van der Waals surface area contributed by atoms with Crippen LogP contribution in [0, 0.1) is 5.41 Å². The molecule has 0 amide bonds. The molecule has 0 aromatic heterocycles. The maximum Gasteiger partial charge on any atom is -0.0235 e.